The molecule has 0 aliphatic heterocycles. The second-order valence-electron chi connectivity index (χ2n) is 0.316. The molecule has 1 N–H and O–H groups in total. The van der Waals surface area contributed by atoms with Crippen molar-refractivity contribution in [1.29, 1.82) is 0 Å². The van der Waals surface area contributed by atoms with Gasteiger partial charge >= 0.3 is 0 Å². The summed E-state index contributed by atoms with van der Waals surface area (Å²) < 4.78 is 0. The normalized spacial score (nSPS) is 4.50. The third kappa shape index (κ3) is 10.2. The maximum atomic E-state index is 7.57. The molecule has 0 aliphatic carbocycles. The van der Waals surface area contributed by atoms with E-state index in [9.17, 15) is 0 Å². The van der Waals surface area contributed by atoms with Gasteiger partial charge in [0.25, 0.3) is 0 Å². The van der Waals surface area contributed by atoms with E-state index < -0.39 is 0 Å². The first kappa shape index (κ1) is 9.01. The van der Waals surface area contributed by atoms with Gasteiger partial charge in [-0.25, -0.2) is 0 Å². The fourth-order valence-electron chi connectivity index (χ4n) is 0. The van der Waals surface area contributed by atoms with E-state index in [-0.39, 0.29) is 47.9 Å². The fraction of sp³-hybridized carbons (Fsp3) is 1.00. The molecule has 0 aromatic rings. The zero-order chi connectivity index (χ0) is 2.71. The predicted octanol–water partition coefficient (Wildman–Crippen LogP) is -0.00140. The SMILES string of the molecule is CCO.[Pr]. The summed E-state index contributed by atoms with van der Waals surface area (Å²) in [5.41, 5.74) is 0. The van der Waals surface area contributed by atoms with E-state index in [2.05, 4.69) is 0 Å². The summed E-state index contributed by atoms with van der Waals surface area (Å²) in [5, 5.41) is 7.57. The molecule has 0 fully saturated rings. The summed E-state index contributed by atoms with van der Waals surface area (Å²) >= 11 is 0. The van der Waals surface area contributed by atoms with Crippen LogP contribution in [0.1, 0.15) is 6.92 Å². The zero-order valence-corrected chi connectivity index (χ0v) is 6.44. The molecule has 0 saturated carbocycles. The molecule has 0 aromatic heterocycles. The van der Waals surface area contributed by atoms with Crippen molar-refractivity contribution in [3.63, 3.8) is 0 Å². The quantitative estimate of drug-likeness (QED) is 0.565. The molecular formula is C2H6OPr. The smallest absolute Gasteiger partial charge is 0.0402 e. The Hall–Kier alpha value is 1.32. The van der Waals surface area contributed by atoms with Gasteiger partial charge in [0, 0.05) is 47.9 Å². The van der Waals surface area contributed by atoms with E-state index in [1.54, 1.807) is 6.92 Å². The summed E-state index contributed by atoms with van der Waals surface area (Å²) in [6.45, 7) is 1.93. The summed E-state index contributed by atoms with van der Waals surface area (Å²) in [5.74, 6) is 0. The Morgan fingerprint density at radius 2 is 1.75 bits per heavy atom. The number of rotatable bonds is 0. The third-order valence-corrected chi connectivity index (χ3v) is 0. The molecule has 0 bridgehead atoms. The van der Waals surface area contributed by atoms with Gasteiger partial charge in [0.05, 0.1) is 0 Å². The van der Waals surface area contributed by atoms with Crippen LogP contribution in [0.15, 0.2) is 0 Å². The molecule has 1 nitrogen and oxygen atoms in total. The van der Waals surface area contributed by atoms with Gasteiger partial charge in [0.15, 0.2) is 0 Å². The van der Waals surface area contributed by atoms with Crippen LogP contribution >= 0.6 is 0 Å². The largest absolute Gasteiger partial charge is 0.397 e. The maximum absolute atomic E-state index is 7.57. The summed E-state index contributed by atoms with van der Waals surface area (Å²) in [6, 6.07) is 0. The molecule has 0 spiro atoms. The summed E-state index contributed by atoms with van der Waals surface area (Å²) in [6.07, 6.45) is 0. The van der Waals surface area contributed by atoms with Crippen LogP contribution in [0.5, 0.6) is 0 Å². The zero-order valence-electron chi connectivity index (χ0n) is 2.73. The van der Waals surface area contributed by atoms with Gasteiger partial charge < -0.3 is 5.11 Å². The van der Waals surface area contributed by atoms with Crippen LogP contribution < -0.4 is 0 Å². The number of hydrogen-bond donors (Lipinski definition) is 1. The minimum absolute atomic E-state index is 0. The predicted molar refractivity (Wildman–Crippen MR) is 12.8 cm³/mol. The molecule has 0 saturated heterocycles. The van der Waals surface area contributed by atoms with E-state index >= 15 is 0 Å². The molecule has 4 heavy (non-hydrogen) atoms. The molecule has 0 heterocycles. The first-order valence-corrected chi connectivity index (χ1v) is 1.02. The van der Waals surface area contributed by atoms with Crippen molar-refractivity contribution < 1.29 is 46.4 Å². The van der Waals surface area contributed by atoms with Crippen LogP contribution in [0.3, 0.4) is 0 Å². The standard InChI is InChI=1S/C2H6O.Pr/c1-2-3;/h3H,2H2,1H3;. The van der Waals surface area contributed by atoms with Crippen LogP contribution in [0.2, 0.25) is 0 Å². The molecule has 0 atom stereocenters. The first-order valence-electron chi connectivity index (χ1n) is 1.02. The maximum Gasteiger partial charge on any atom is 0.0402 e. The van der Waals surface area contributed by atoms with E-state index in [0.29, 0.717) is 0 Å². The molecule has 0 rings (SSSR count). The van der Waals surface area contributed by atoms with Crippen molar-refractivity contribution in [3.05, 3.63) is 0 Å². The summed E-state index contributed by atoms with van der Waals surface area (Å²) in [4.78, 5) is 0. The second-order valence-corrected chi connectivity index (χ2v) is 0.316. The number of aliphatic hydroxyl groups is 1. The van der Waals surface area contributed by atoms with Crippen LogP contribution in [0.25, 0.3) is 0 Å². The molecule has 0 aromatic carbocycles. The Balaban J connectivity index is 0. The Bertz CT molecular complexity index is 6.00. The van der Waals surface area contributed by atoms with Crippen molar-refractivity contribution in [2.75, 3.05) is 6.61 Å². The number of hydrogen-bond acceptors (Lipinski definition) is 1. The minimum atomic E-state index is 0. The van der Waals surface area contributed by atoms with E-state index in [1.807, 2.05) is 0 Å². The van der Waals surface area contributed by atoms with Gasteiger partial charge in [-0.15, -0.1) is 0 Å². The van der Waals surface area contributed by atoms with E-state index in [1.165, 1.54) is 0 Å². The van der Waals surface area contributed by atoms with E-state index in [0.717, 1.165) is 0 Å². The van der Waals surface area contributed by atoms with Gasteiger partial charge in [-0.3, -0.25) is 0 Å². The Kier molecular flexibility index (Phi) is 19.9. The van der Waals surface area contributed by atoms with Crippen LogP contribution in [-0.2, 0) is 0 Å². The van der Waals surface area contributed by atoms with Crippen LogP contribution in [0, 0.1) is 41.3 Å². The van der Waals surface area contributed by atoms with Gasteiger partial charge in [-0.05, 0) is 6.92 Å². The molecule has 0 unspecified atom stereocenters. The van der Waals surface area contributed by atoms with Crippen molar-refractivity contribution in [1.82, 2.24) is 0 Å². The monoisotopic (exact) mass is 187 g/mol. The average molecular weight is 187 g/mol. The van der Waals surface area contributed by atoms with Crippen LogP contribution in [0.4, 0.5) is 0 Å². The molecule has 1 radical (unpaired) electrons. The second kappa shape index (κ2) is 8.85. The molecule has 2 heteroatoms. The summed E-state index contributed by atoms with van der Waals surface area (Å²) in [7, 11) is 0. The van der Waals surface area contributed by atoms with E-state index in [4.69, 9.17) is 5.11 Å². The average Bonchev–Trinajstić information content (AvgIpc) is 0.918. The van der Waals surface area contributed by atoms with Crippen molar-refractivity contribution in [2.24, 2.45) is 0 Å². The Morgan fingerprint density at radius 1 is 1.75 bits per heavy atom. The van der Waals surface area contributed by atoms with Crippen molar-refractivity contribution in [2.45, 2.75) is 6.92 Å². The van der Waals surface area contributed by atoms with Gasteiger partial charge in [-0.2, -0.15) is 0 Å². The van der Waals surface area contributed by atoms with Gasteiger partial charge in [-0.1, -0.05) is 0 Å². The Morgan fingerprint density at radius 3 is 1.75 bits per heavy atom. The van der Waals surface area contributed by atoms with Gasteiger partial charge in [0.1, 0.15) is 0 Å². The van der Waals surface area contributed by atoms with Crippen molar-refractivity contribution >= 4 is 0 Å². The fourth-order valence-corrected chi connectivity index (χ4v) is 0. The Labute approximate surface area is 59.4 Å². The number of aliphatic hydroxyl groups excluding tert-OH is 1. The van der Waals surface area contributed by atoms with Crippen molar-refractivity contribution in [3.8, 4) is 0 Å². The third-order valence-electron chi connectivity index (χ3n) is 0. The van der Waals surface area contributed by atoms with Crippen LogP contribution in [-0.4, -0.2) is 11.7 Å². The molecule has 0 aliphatic rings. The molecule has 23 valence electrons. The van der Waals surface area contributed by atoms with Gasteiger partial charge in [0.2, 0.25) is 0 Å². The first-order chi connectivity index (χ1) is 1.41. The molecular weight excluding hydrogens is 181 g/mol. The minimum Gasteiger partial charge on any atom is -0.397 e. The topological polar surface area (TPSA) is 20.2 Å². The molecule has 0 amide bonds.